The van der Waals surface area contributed by atoms with Gasteiger partial charge in [-0.15, -0.1) is 13.2 Å². The Bertz CT molecular complexity index is 1040. The molecule has 146 valence electrons. The van der Waals surface area contributed by atoms with Crippen LogP contribution in [-0.4, -0.2) is 19.8 Å². The molecule has 9 heteroatoms. The summed E-state index contributed by atoms with van der Waals surface area (Å²) in [4.78, 5) is 4.15. The van der Waals surface area contributed by atoms with Gasteiger partial charge in [0.15, 0.2) is 0 Å². The highest BCUT2D eigenvalue weighted by Gasteiger charge is 2.31. The second-order valence-corrected chi connectivity index (χ2v) is 6.90. The number of hydrogen-bond acceptors (Lipinski definition) is 5. The number of benzene rings is 2. The van der Waals surface area contributed by atoms with Gasteiger partial charge in [-0.3, -0.25) is 0 Å². The summed E-state index contributed by atoms with van der Waals surface area (Å²) in [7, 11) is -2.50. The summed E-state index contributed by atoms with van der Waals surface area (Å²) in [5.74, 6) is -0.132. The topological polar surface area (TPSA) is 82.3 Å². The zero-order valence-electron chi connectivity index (χ0n) is 14.3. The van der Waals surface area contributed by atoms with E-state index in [1.54, 1.807) is 36.5 Å². The predicted molar refractivity (Wildman–Crippen MR) is 100 cm³/mol. The zero-order valence-corrected chi connectivity index (χ0v) is 15.2. The van der Waals surface area contributed by atoms with Crippen LogP contribution >= 0.6 is 0 Å². The number of anilines is 1. The Labute approximate surface area is 160 Å². The van der Waals surface area contributed by atoms with Gasteiger partial charge >= 0.3 is 6.36 Å². The van der Waals surface area contributed by atoms with Crippen LogP contribution in [0.1, 0.15) is 5.56 Å². The predicted octanol–water partition coefficient (Wildman–Crippen LogP) is 4.01. The monoisotopic (exact) mass is 408 g/mol. The first-order valence-corrected chi connectivity index (χ1v) is 9.40. The molecule has 0 atom stereocenters. The number of halogens is 3. The fourth-order valence-corrected chi connectivity index (χ4v) is 3.16. The number of thiol groups is 1. The maximum absolute atomic E-state index is 12.3. The van der Waals surface area contributed by atoms with Crippen molar-refractivity contribution in [2.75, 3.05) is 5.73 Å². The van der Waals surface area contributed by atoms with E-state index >= 15 is 0 Å². The van der Waals surface area contributed by atoms with E-state index in [0.717, 1.165) is 11.1 Å². The highest BCUT2D eigenvalue weighted by molar-refractivity contribution is 7.71. The summed E-state index contributed by atoms with van der Waals surface area (Å²) in [5, 5.41) is 0. The summed E-state index contributed by atoms with van der Waals surface area (Å²) in [6.45, 7) is 0. The number of rotatable bonds is 5. The molecule has 0 amide bonds. The number of aromatic nitrogens is 1. The number of nitrogen functional groups attached to an aromatic ring is 1. The summed E-state index contributed by atoms with van der Waals surface area (Å²) < 4.78 is 62.3. The maximum Gasteiger partial charge on any atom is 0.573 e. The minimum atomic E-state index is -4.76. The largest absolute Gasteiger partial charge is 0.573 e. The van der Waals surface area contributed by atoms with Crippen LogP contribution in [0.4, 0.5) is 19.0 Å². The normalized spacial score (nSPS) is 11.6. The van der Waals surface area contributed by atoms with Gasteiger partial charge in [0.05, 0.1) is 5.75 Å². The molecule has 0 bridgehead atoms. The minimum absolute atomic E-state index is 0.0345. The molecule has 3 aromatic rings. The van der Waals surface area contributed by atoms with Crippen LogP contribution in [0.25, 0.3) is 22.3 Å². The lowest BCUT2D eigenvalue weighted by molar-refractivity contribution is -0.274. The van der Waals surface area contributed by atoms with Gasteiger partial charge in [0.2, 0.25) is 0 Å². The molecule has 28 heavy (non-hydrogen) atoms. The van der Waals surface area contributed by atoms with E-state index in [-0.39, 0.29) is 17.3 Å². The third kappa shape index (κ3) is 5.01. The average Bonchev–Trinajstić information content (AvgIpc) is 2.62. The van der Waals surface area contributed by atoms with Gasteiger partial charge < -0.3 is 10.5 Å². The number of ether oxygens (including phenoxy) is 1. The third-order valence-corrected chi connectivity index (χ3v) is 4.54. The molecular weight excluding hydrogens is 393 g/mol. The molecule has 0 fully saturated rings. The quantitative estimate of drug-likeness (QED) is 0.624. The van der Waals surface area contributed by atoms with Crippen LogP contribution in [0.15, 0.2) is 60.8 Å². The lowest BCUT2D eigenvalue weighted by Crippen LogP contribution is -2.16. The molecule has 0 aliphatic rings. The molecule has 3 rings (SSSR count). The zero-order chi connectivity index (χ0) is 20.3. The molecular formula is C19H15F3N2O3S. The lowest BCUT2D eigenvalue weighted by atomic mass is 10.0. The fourth-order valence-electron chi connectivity index (χ4n) is 2.65. The molecule has 0 saturated heterocycles. The standard InChI is InChI=1S/C19H15F3N2O3S/c20-19(21,22)27-16-7-5-14(6-8-16)17-9-15(10-24-18(17)23)13-3-1-12(2-4-13)11-28(25)26/h1-10,28H,11H2,(H2,23,24). The lowest BCUT2D eigenvalue weighted by Gasteiger charge is -2.11. The van der Waals surface area contributed by atoms with Crippen LogP contribution in [0, 0.1) is 0 Å². The van der Waals surface area contributed by atoms with E-state index in [0.29, 0.717) is 16.7 Å². The van der Waals surface area contributed by atoms with Crippen LogP contribution < -0.4 is 10.5 Å². The van der Waals surface area contributed by atoms with Gasteiger partial charge in [-0.2, -0.15) is 0 Å². The van der Waals surface area contributed by atoms with E-state index in [2.05, 4.69) is 9.72 Å². The smallest absolute Gasteiger partial charge is 0.406 e. The highest BCUT2D eigenvalue weighted by Crippen LogP contribution is 2.32. The van der Waals surface area contributed by atoms with Crippen LogP contribution in [0.2, 0.25) is 0 Å². The molecule has 0 radical (unpaired) electrons. The molecule has 0 aliphatic carbocycles. The van der Waals surface area contributed by atoms with Gasteiger partial charge in [-0.05, 0) is 34.9 Å². The van der Waals surface area contributed by atoms with Gasteiger partial charge in [0.1, 0.15) is 22.3 Å². The van der Waals surface area contributed by atoms with E-state index in [1.165, 1.54) is 24.3 Å². The van der Waals surface area contributed by atoms with Crippen molar-refractivity contribution < 1.29 is 26.3 Å². The van der Waals surface area contributed by atoms with E-state index in [4.69, 9.17) is 5.73 Å². The maximum atomic E-state index is 12.3. The minimum Gasteiger partial charge on any atom is -0.406 e. The van der Waals surface area contributed by atoms with Gasteiger partial charge in [0, 0.05) is 17.3 Å². The Hall–Kier alpha value is -3.07. The molecule has 5 nitrogen and oxygen atoms in total. The Kier molecular flexibility index (Phi) is 5.55. The number of nitrogens with zero attached hydrogens (tertiary/aromatic N) is 1. The summed E-state index contributed by atoms with van der Waals surface area (Å²) in [5.41, 5.74) is 9.28. The van der Waals surface area contributed by atoms with Crippen LogP contribution in [0.3, 0.4) is 0 Å². The van der Waals surface area contributed by atoms with E-state index in [1.807, 2.05) is 0 Å². The number of nitrogens with two attached hydrogens (primary N) is 1. The first kappa shape index (κ1) is 19.7. The van der Waals surface area contributed by atoms with E-state index in [9.17, 15) is 21.6 Å². The number of alkyl halides is 3. The highest BCUT2D eigenvalue weighted by atomic mass is 32.2. The van der Waals surface area contributed by atoms with Gasteiger partial charge in [0.25, 0.3) is 0 Å². The Morgan fingerprint density at radius 1 is 0.929 bits per heavy atom. The van der Waals surface area contributed by atoms with Crippen molar-refractivity contribution >= 4 is 16.5 Å². The van der Waals surface area contributed by atoms with Crippen molar-refractivity contribution in [2.45, 2.75) is 12.1 Å². The number of pyridine rings is 1. The van der Waals surface area contributed by atoms with Crippen molar-refractivity contribution in [2.24, 2.45) is 0 Å². The molecule has 0 spiro atoms. The number of hydrogen-bond donors (Lipinski definition) is 2. The SMILES string of the molecule is Nc1ncc(-c2ccc(C[SH](=O)=O)cc2)cc1-c1ccc(OC(F)(F)F)cc1. The molecule has 1 heterocycles. The summed E-state index contributed by atoms with van der Waals surface area (Å²) >= 11 is 0. The molecule has 2 aromatic carbocycles. The molecule has 1 aromatic heterocycles. The molecule has 0 unspecified atom stereocenters. The first-order valence-electron chi connectivity index (χ1n) is 8.04. The molecule has 0 aliphatic heterocycles. The second-order valence-electron chi connectivity index (χ2n) is 5.92. The van der Waals surface area contributed by atoms with Crippen molar-refractivity contribution in [3.8, 4) is 28.0 Å². The van der Waals surface area contributed by atoms with Gasteiger partial charge in [-0.1, -0.05) is 36.4 Å². The summed E-state index contributed by atoms with van der Waals surface area (Å²) in [6.07, 6.45) is -3.18. The molecule has 2 N–H and O–H groups in total. The van der Waals surface area contributed by atoms with Crippen molar-refractivity contribution in [1.29, 1.82) is 0 Å². The van der Waals surface area contributed by atoms with Crippen molar-refractivity contribution in [3.63, 3.8) is 0 Å². The first-order chi connectivity index (χ1) is 13.2. The van der Waals surface area contributed by atoms with Crippen molar-refractivity contribution in [1.82, 2.24) is 4.98 Å². The van der Waals surface area contributed by atoms with Gasteiger partial charge in [-0.25, -0.2) is 13.4 Å². The second kappa shape index (κ2) is 7.89. The van der Waals surface area contributed by atoms with Crippen LogP contribution in [-0.2, 0) is 16.5 Å². The fraction of sp³-hybridized carbons (Fsp3) is 0.105. The van der Waals surface area contributed by atoms with Crippen molar-refractivity contribution in [3.05, 3.63) is 66.4 Å². The summed E-state index contributed by atoms with van der Waals surface area (Å²) in [6, 6.07) is 14.1. The van der Waals surface area contributed by atoms with Crippen LogP contribution in [0.5, 0.6) is 5.75 Å². The average molecular weight is 408 g/mol. The third-order valence-electron chi connectivity index (χ3n) is 3.92. The Morgan fingerprint density at radius 2 is 1.54 bits per heavy atom. The molecule has 0 saturated carbocycles. The van der Waals surface area contributed by atoms with E-state index < -0.39 is 17.1 Å². The Balaban J connectivity index is 1.89. The Morgan fingerprint density at radius 3 is 2.11 bits per heavy atom.